The molecule has 0 aliphatic heterocycles. The van der Waals surface area contributed by atoms with Crippen molar-refractivity contribution < 1.29 is 19.0 Å². The fourth-order valence-electron chi connectivity index (χ4n) is 2.95. The summed E-state index contributed by atoms with van der Waals surface area (Å²) in [5.74, 6) is 1.72. The zero-order chi connectivity index (χ0) is 19.8. The van der Waals surface area contributed by atoms with Crippen LogP contribution in [-0.4, -0.2) is 52.8 Å². The van der Waals surface area contributed by atoms with Crippen molar-refractivity contribution in [1.29, 1.82) is 0 Å². The minimum Gasteiger partial charge on any atom is -0.493 e. The summed E-state index contributed by atoms with van der Waals surface area (Å²) >= 11 is 0. The first-order chi connectivity index (χ1) is 13.0. The summed E-state index contributed by atoms with van der Waals surface area (Å²) in [7, 11) is 8.70. The molecular weight excluding hydrogens is 344 g/mol. The number of amides is 1. The van der Waals surface area contributed by atoms with Crippen LogP contribution in [0.3, 0.4) is 0 Å². The van der Waals surface area contributed by atoms with Crippen molar-refractivity contribution in [1.82, 2.24) is 10.2 Å². The Morgan fingerprint density at radius 2 is 1.59 bits per heavy atom. The highest BCUT2D eigenvalue weighted by Gasteiger charge is 2.21. The zero-order valence-corrected chi connectivity index (χ0v) is 16.6. The number of carbonyl (C=O) groups excluding carboxylic acids is 1. The zero-order valence-electron chi connectivity index (χ0n) is 16.6. The number of rotatable bonds is 9. The second-order valence-electron chi connectivity index (χ2n) is 6.40. The second-order valence-corrected chi connectivity index (χ2v) is 6.40. The van der Waals surface area contributed by atoms with Gasteiger partial charge in [0.15, 0.2) is 11.5 Å². The fraction of sp³-hybridized carbons (Fsp3) is 0.381. The van der Waals surface area contributed by atoms with Gasteiger partial charge in [0.05, 0.1) is 33.8 Å². The van der Waals surface area contributed by atoms with Gasteiger partial charge in [0.2, 0.25) is 11.7 Å². The molecule has 0 saturated carbocycles. The molecule has 27 heavy (non-hydrogen) atoms. The van der Waals surface area contributed by atoms with Gasteiger partial charge in [0, 0.05) is 6.54 Å². The lowest BCUT2D eigenvalue weighted by Crippen LogP contribution is -2.35. The molecule has 0 aliphatic carbocycles. The molecule has 1 unspecified atom stereocenters. The first-order valence-corrected chi connectivity index (χ1v) is 8.77. The number of benzene rings is 2. The Hall–Kier alpha value is -2.73. The van der Waals surface area contributed by atoms with E-state index in [-0.39, 0.29) is 11.9 Å². The maximum atomic E-state index is 12.3. The van der Waals surface area contributed by atoms with Crippen LogP contribution in [0.15, 0.2) is 42.5 Å². The van der Waals surface area contributed by atoms with Gasteiger partial charge < -0.3 is 24.4 Å². The summed E-state index contributed by atoms with van der Waals surface area (Å²) in [5.41, 5.74) is 1.96. The van der Waals surface area contributed by atoms with Crippen LogP contribution in [0.5, 0.6) is 17.2 Å². The summed E-state index contributed by atoms with van der Waals surface area (Å²) < 4.78 is 16.3. The van der Waals surface area contributed by atoms with Crippen LogP contribution in [0.2, 0.25) is 0 Å². The molecule has 0 spiro atoms. The quantitative estimate of drug-likeness (QED) is 0.733. The van der Waals surface area contributed by atoms with E-state index in [1.54, 1.807) is 21.3 Å². The molecule has 0 heterocycles. The number of hydrogen-bond acceptors (Lipinski definition) is 5. The highest BCUT2D eigenvalue weighted by Crippen LogP contribution is 2.40. The third-order valence-electron chi connectivity index (χ3n) is 4.40. The van der Waals surface area contributed by atoms with Gasteiger partial charge >= 0.3 is 0 Å². The number of ether oxygens (including phenoxy) is 3. The molecule has 6 heteroatoms. The first kappa shape index (κ1) is 20.6. The van der Waals surface area contributed by atoms with Gasteiger partial charge in [-0.15, -0.1) is 0 Å². The molecule has 146 valence electrons. The number of nitrogens with zero attached hydrogens (tertiary/aromatic N) is 1. The van der Waals surface area contributed by atoms with Gasteiger partial charge in [-0.3, -0.25) is 4.79 Å². The average Bonchev–Trinajstić information content (AvgIpc) is 2.67. The van der Waals surface area contributed by atoms with Crippen molar-refractivity contribution in [2.45, 2.75) is 12.5 Å². The van der Waals surface area contributed by atoms with E-state index >= 15 is 0 Å². The van der Waals surface area contributed by atoms with Crippen LogP contribution >= 0.6 is 0 Å². The van der Waals surface area contributed by atoms with Gasteiger partial charge in [-0.2, -0.15) is 0 Å². The Morgan fingerprint density at radius 3 is 2.07 bits per heavy atom. The van der Waals surface area contributed by atoms with Crippen molar-refractivity contribution in [3.8, 4) is 17.2 Å². The van der Waals surface area contributed by atoms with E-state index < -0.39 is 0 Å². The number of methoxy groups -OCH3 is 3. The Balaban J connectivity index is 2.16. The molecule has 0 radical (unpaired) electrons. The lowest BCUT2D eigenvalue weighted by Gasteiger charge is -2.26. The Kier molecular flexibility index (Phi) is 7.49. The van der Waals surface area contributed by atoms with Crippen molar-refractivity contribution in [2.75, 3.05) is 42.0 Å². The number of nitrogens with one attached hydrogen (secondary N) is 1. The SMILES string of the molecule is COc1cc(C(CNC(=O)Cc2ccccc2)N(C)C)cc(OC)c1OC. The van der Waals surface area contributed by atoms with Crippen LogP contribution in [0.1, 0.15) is 17.2 Å². The van der Waals surface area contributed by atoms with Crippen LogP contribution in [0, 0.1) is 0 Å². The maximum absolute atomic E-state index is 12.3. The average molecular weight is 372 g/mol. The topological polar surface area (TPSA) is 60.0 Å². The van der Waals surface area contributed by atoms with Crippen LogP contribution in [0.25, 0.3) is 0 Å². The van der Waals surface area contributed by atoms with Crippen molar-refractivity contribution >= 4 is 5.91 Å². The molecule has 2 aromatic rings. The minimum absolute atomic E-state index is 0.0134. The van der Waals surface area contributed by atoms with E-state index in [2.05, 4.69) is 5.32 Å². The summed E-state index contributed by atoms with van der Waals surface area (Å²) in [4.78, 5) is 14.4. The van der Waals surface area contributed by atoms with Gasteiger partial charge in [-0.1, -0.05) is 30.3 Å². The highest BCUT2D eigenvalue weighted by atomic mass is 16.5. The predicted octanol–water partition coefficient (Wildman–Crippen LogP) is 2.67. The molecule has 1 atom stereocenters. The van der Waals surface area contributed by atoms with E-state index in [0.29, 0.717) is 30.2 Å². The maximum Gasteiger partial charge on any atom is 0.224 e. The molecular formula is C21H28N2O4. The van der Waals surface area contributed by atoms with Gasteiger partial charge in [0.1, 0.15) is 0 Å². The molecule has 1 amide bonds. The largest absolute Gasteiger partial charge is 0.493 e. The summed E-state index contributed by atoms with van der Waals surface area (Å²) in [6.07, 6.45) is 0.357. The van der Waals surface area contributed by atoms with Crippen LogP contribution in [0.4, 0.5) is 0 Å². The number of likely N-dealkylation sites (N-methyl/N-ethyl adjacent to an activating group) is 1. The van der Waals surface area contributed by atoms with Crippen molar-refractivity contribution in [3.05, 3.63) is 53.6 Å². The normalized spacial score (nSPS) is 11.8. The molecule has 1 N–H and O–H groups in total. The van der Waals surface area contributed by atoms with Gasteiger partial charge in [0.25, 0.3) is 0 Å². The molecule has 0 aromatic heterocycles. The van der Waals surface area contributed by atoms with E-state index in [1.165, 1.54) is 0 Å². The lowest BCUT2D eigenvalue weighted by atomic mass is 10.0. The second kappa shape index (κ2) is 9.83. The lowest BCUT2D eigenvalue weighted by molar-refractivity contribution is -0.120. The molecule has 0 saturated heterocycles. The van der Waals surface area contributed by atoms with Crippen LogP contribution < -0.4 is 19.5 Å². The summed E-state index contributed by atoms with van der Waals surface area (Å²) in [5, 5.41) is 3.02. The Morgan fingerprint density at radius 1 is 1.00 bits per heavy atom. The fourth-order valence-corrected chi connectivity index (χ4v) is 2.95. The Labute approximate surface area is 161 Å². The predicted molar refractivity (Wildman–Crippen MR) is 106 cm³/mol. The van der Waals surface area contributed by atoms with Crippen LogP contribution in [-0.2, 0) is 11.2 Å². The summed E-state index contributed by atoms with van der Waals surface area (Å²) in [6.45, 7) is 0.470. The van der Waals surface area contributed by atoms with Gasteiger partial charge in [-0.25, -0.2) is 0 Å². The third kappa shape index (κ3) is 5.37. The molecule has 2 aromatic carbocycles. The van der Waals surface area contributed by atoms with E-state index in [1.807, 2.05) is 61.5 Å². The standard InChI is InChI=1S/C21H28N2O4/c1-23(2)17(14-22-20(24)11-15-9-7-6-8-10-15)16-12-18(25-3)21(27-5)19(13-16)26-4/h6-10,12-13,17H,11,14H2,1-5H3,(H,22,24). The molecule has 6 nitrogen and oxygen atoms in total. The third-order valence-corrected chi connectivity index (χ3v) is 4.40. The number of hydrogen-bond donors (Lipinski definition) is 1. The Bertz CT molecular complexity index is 722. The minimum atomic E-state index is -0.0431. The van der Waals surface area contributed by atoms with Gasteiger partial charge in [-0.05, 0) is 37.4 Å². The number of carbonyl (C=O) groups is 1. The molecule has 0 aliphatic rings. The molecule has 2 rings (SSSR count). The van der Waals surface area contributed by atoms with E-state index in [4.69, 9.17) is 14.2 Å². The van der Waals surface area contributed by atoms with E-state index in [9.17, 15) is 4.79 Å². The van der Waals surface area contributed by atoms with E-state index in [0.717, 1.165) is 11.1 Å². The highest BCUT2D eigenvalue weighted by molar-refractivity contribution is 5.78. The summed E-state index contributed by atoms with van der Waals surface area (Å²) in [6, 6.07) is 13.5. The van der Waals surface area contributed by atoms with Crippen molar-refractivity contribution in [2.24, 2.45) is 0 Å². The molecule has 0 fully saturated rings. The smallest absolute Gasteiger partial charge is 0.224 e. The monoisotopic (exact) mass is 372 g/mol. The first-order valence-electron chi connectivity index (χ1n) is 8.77. The van der Waals surface area contributed by atoms with Crippen molar-refractivity contribution in [3.63, 3.8) is 0 Å². The molecule has 0 bridgehead atoms.